The van der Waals surface area contributed by atoms with E-state index in [1.54, 1.807) is 23.6 Å². The van der Waals surface area contributed by atoms with Crippen LogP contribution < -0.4 is 10.4 Å². The van der Waals surface area contributed by atoms with Gasteiger partial charge in [0.2, 0.25) is 0 Å². The summed E-state index contributed by atoms with van der Waals surface area (Å²) in [6, 6.07) is 50.2. The maximum Gasteiger partial charge on any atom is 0.425 e. The molecular weight excluding hydrogens is 1720 g/mol. The highest BCUT2D eigenvalue weighted by molar-refractivity contribution is 7.21. The fourth-order valence-electron chi connectivity index (χ4n) is 17.9. The molecule has 0 amide bonds. The van der Waals surface area contributed by atoms with E-state index >= 15 is 0 Å². The molecule has 18 heteroatoms. The molecule has 0 saturated heterocycles. The average molecular weight is 1840 g/mol. The smallest absolute Gasteiger partial charge is 0.256 e. The van der Waals surface area contributed by atoms with Gasteiger partial charge in [-0.15, -0.1) is 45.3 Å². The van der Waals surface area contributed by atoms with Gasteiger partial charge in [-0.05, 0) is 224 Å². The van der Waals surface area contributed by atoms with Gasteiger partial charge in [-0.3, -0.25) is 19.9 Å². The summed E-state index contributed by atoms with van der Waals surface area (Å²) in [5.74, 6) is 0. The molecule has 0 radical (unpaired) electrons. The quantitative estimate of drug-likeness (QED) is 0.100. The van der Waals surface area contributed by atoms with Gasteiger partial charge in [0.05, 0.1) is 74.9 Å². The van der Waals surface area contributed by atoms with Crippen LogP contribution in [0.1, 0.15) is 195 Å². The Kier molecular flexibility index (Phi) is 25.9. The second-order valence-corrected chi connectivity index (χ2v) is 58.9. The van der Waals surface area contributed by atoms with E-state index < -0.39 is 38.9 Å². The van der Waals surface area contributed by atoms with Crippen LogP contribution in [0.4, 0.5) is 26.3 Å². The number of fused-ring (bicyclic) bond motifs is 13. The third-order valence-electron chi connectivity index (χ3n) is 23.4. The fraction of sp³-hybridized carbons (Fsp3) is 0.369. The van der Waals surface area contributed by atoms with Gasteiger partial charge in [0.15, 0.2) is 0 Å². The molecule has 9 aromatic carbocycles. The van der Waals surface area contributed by atoms with Crippen LogP contribution in [0.3, 0.4) is 0 Å². The predicted octanol–water partition coefficient (Wildman–Crippen LogP) is 34.0. The van der Waals surface area contributed by atoms with E-state index in [1.165, 1.54) is 102 Å². The Bertz CT molecular complexity index is 7150. The van der Waals surface area contributed by atoms with Crippen LogP contribution in [0, 0.1) is 56.3 Å². The Balaban J connectivity index is 0.000000139. The van der Waals surface area contributed by atoms with Crippen molar-refractivity contribution in [3.63, 3.8) is 0 Å². The number of aryl methyl sites for hydroxylation is 5. The maximum atomic E-state index is 14.1. The normalized spacial score (nSPS) is 13.0. The Hall–Kier alpha value is -9.41. The number of hydrogen-bond acceptors (Lipinski definition) is 10. The second-order valence-electron chi connectivity index (χ2n) is 44.7. The number of aromatic nitrogens is 6. The zero-order chi connectivity index (χ0) is 94.1. The monoisotopic (exact) mass is 1840 g/mol. The molecule has 0 saturated carbocycles. The van der Waals surface area contributed by atoms with E-state index in [0.717, 1.165) is 96.5 Å². The lowest BCUT2D eigenvalue weighted by atomic mass is 9.82. The van der Waals surface area contributed by atoms with Gasteiger partial charge >= 0.3 is 12.4 Å². The standard InChI is InChI=1S/C30H29F3N2S.C30H39NSSi.C26H32N2SSi.C25H24F3NS/c1-28(2,3)16-23-35-26-24-18(14-22(27(26)36-23)30(31,32)33)11-12-34-25(24)19-13-17-9-7-8-10-20(17)21(15-19)29(4,5)6;1-19-13-20(15-22(14-19)30(5,6)7)27-24-16-25(33(8,9)10)26-21(17-29(2,3)4)18-32-28(26)23(24)11-12-31-27;1-16-11-17(2)13-19(12-16)23-22-18(9-10-27-23)14-20(30(6,7)8)25-24(22)28-21(29-25)15-26(3,4)5;1-14-10-15(2)12-16(11-14)21-17-6-7-18-20(13-24(3,4)5)23(25(26,27)28)30-22(18)19(17)8-9-29-21/h7-15H,16H2,1-6H3;11-16,18H,17H2,1-10H3;9-14H,15H2,1-8H3;6-12H,13H2,1-5H3. The van der Waals surface area contributed by atoms with E-state index in [1.807, 2.05) is 100 Å². The minimum absolute atomic E-state index is 0.0941. The van der Waals surface area contributed by atoms with E-state index in [2.05, 4.69) is 277 Å². The lowest BCUT2D eigenvalue weighted by Gasteiger charge is -2.24. The molecule has 0 spiro atoms. The van der Waals surface area contributed by atoms with Crippen molar-refractivity contribution in [1.82, 2.24) is 29.9 Å². The molecule has 6 nitrogen and oxygen atoms in total. The zero-order valence-corrected chi connectivity index (χ0v) is 85.9. The minimum atomic E-state index is -4.47. The fourth-order valence-corrected chi connectivity index (χ4v) is 27.1. The van der Waals surface area contributed by atoms with E-state index in [4.69, 9.17) is 24.9 Å². The van der Waals surface area contributed by atoms with Crippen molar-refractivity contribution in [2.24, 2.45) is 21.7 Å². The SMILES string of the molecule is CC(C)(C)Cc1nc2c(s1)c(C(F)(F)F)cc1ccnc(-c3cc(C(C)(C)C)c4ccccc4c3)c12.Cc1cc(-c2nccc3c2cc([Si](C)(C)C)c2c(CC(C)(C)C)csc23)cc(C(C)(C)C)c1.Cc1cc(C)cc(-c2nccc3c2ccc2c(CC(C)(C)C)c(C(F)(F)F)sc23)c1.Cc1cc(C)cc(-c2nccc3cc([Si](C)(C)C)c4sc(CC(C)(C)C)nc4c23)c1. The number of halogens is 6. The Labute approximate surface area is 777 Å². The molecule has 0 aliphatic heterocycles. The van der Waals surface area contributed by atoms with Crippen LogP contribution >= 0.6 is 45.3 Å². The van der Waals surface area contributed by atoms with Crippen molar-refractivity contribution in [2.45, 2.75) is 247 Å². The number of pyridine rings is 4. The van der Waals surface area contributed by atoms with Crippen molar-refractivity contribution >= 4 is 166 Å². The summed E-state index contributed by atoms with van der Waals surface area (Å²) in [5, 5.41) is 19.9. The van der Waals surface area contributed by atoms with Crippen molar-refractivity contribution in [1.29, 1.82) is 0 Å². The summed E-state index contributed by atoms with van der Waals surface area (Å²) in [4.78, 5) is 28.7. The maximum absolute atomic E-state index is 14.1. The third kappa shape index (κ3) is 21.2. The van der Waals surface area contributed by atoms with Gasteiger partial charge in [-0.1, -0.05) is 264 Å². The molecule has 0 aliphatic rings. The van der Waals surface area contributed by atoms with Crippen molar-refractivity contribution < 1.29 is 26.3 Å². The van der Waals surface area contributed by atoms with E-state index in [9.17, 15) is 26.3 Å². The first-order valence-electron chi connectivity index (χ1n) is 44.8. The summed E-state index contributed by atoms with van der Waals surface area (Å²) >= 11 is 5.83. The summed E-state index contributed by atoms with van der Waals surface area (Å²) in [6.45, 7) is 64.7. The third-order valence-corrected chi connectivity index (χ3v) is 32.1. The first-order chi connectivity index (χ1) is 59.7. The number of alkyl halides is 6. The van der Waals surface area contributed by atoms with Crippen LogP contribution in [0.5, 0.6) is 0 Å². The minimum Gasteiger partial charge on any atom is -0.256 e. The molecule has 0 aliphatic carbocycles. The number of nitrogens with zero attached hydrogens (tertiary/aromatic N) is 6. The number of thiophene rings is 2. The van der Waals surface area contributed by atoms with Crippen LogP contribution in [-0.2, 0) is 48.9 Å². The molecule has 17 rings (SSSR count). The second kappa shape index (κ2) is 35.0. The Morgan fingerprint density at radius 2 is 0.775 bits per heavy atom. The van der Waals surface area contributed by atoms with Gasteiger partial charge in [0.25, 0.3) is 0 Å². The molecule has 0 atom stereocenters. The lowest BCUT2D eigenvalue weighted by molar-refractivity contribution is -0.136. The van der Waals surface area contributed by atoms with Gasteiger partial charge in [-0.25, -0.2) is 9.97 Å². The molecule has 0 N–H and O–H groups in total. The topological polar surface area (TPSA) is 77.3 Å². The summed E-state index contributed by atoms with van der Waals surface area (Å²) < 4.78 is 87.8. The molecule has 8 heterocycles. The molecule has 8 aromatic heterocycles. The van der Waals surface area contributed by atoms with Gasteiger partial charge < -0.3 is 0 Å². The molecule has 129 heavy (non-hydrogen) atoms. The Morgan fingerprint density at radius 1 is 0.326 bits per heavy atom. The molecule has 17 aromatic rings. The van der Waals surface area contributed by atoms with E-state index in [0.29, 0.717) is 55.5 Å². The highest BCUT2D eigenvalue weighted by Crippen LogP contribution is 2.51. The highest BCUT2D eigenvalue weighted by atomic mass is 32.1. The van der Waals surface area contributed by atoms with Gasteiger partial charge in [0, 0.05) is 102 Å². The predicted molar refractivity (Wildman–Crippen MR) is 553 cm³/mol. The molecular formula is C111H124F6N6S4Si2. The van der Waals surface area contributed by atoms with Gasteiger partial charge in [-0.2, -0.15) is 26.3 Å². The van der Waals surface area contributed by atoms with Crippen LogP contribution in [0.15, 0.2) is 176 Å². The van der Waals surface area contributed by atoms with Crippen molar-refractivity contribution in [2.75, 3.05) is 0 Å². The largest absolute Gasteiger partial charge is 0.425 e. The number of thiazole rings is 2. The first kappa shape index (κ1) is 95.7. The summed E-state index contributed by atoms with van der Waals surface area (Å²) in [7, 11) is -3.11. The van der Waals surface area contributed by atoms with Crippen molar-refractivity contribution in [3.8, 4) is 45.0 Å². The summed E-state index contributed by atoms with van der Waals surface area (Å²) in [6.07, 6.45) is 1.52. The molecule has 0 bridgehead atoms. The number of rotatable bonds is 10. The molecule has 0 fully saturated rings. The van der Waals surface area contributed by atoms with Crippen LogP contribution in [0.25, 0.3) is 139 Å². The first-order valence-corrected chi connectivity index (χ1v) is 55.1. The zero-order valence-electron chi connectivity index (χ0n) is 80.7. The molecule has 0 unspecified atom stereocenters. The summed E-state index contributed by atoms with van der Waals surface area (Å²) in [5.41, 5.74) is 19.5. The van der Waals surface area contributed by atoms with Crippen molar-refractivity contribution in [3.05, 3.63) is 246 Å². The highest BCUT2D eigenvalue weighted by Gasteiger charge is 2.40. The van der Waals surface area contributed by atoms with Crippen LogP contribution in [0.2, 0.25) is 39.3 Å². The Morgan fingerprint density at radius 3 is 1.28 bits per heavy atom. The molecule has 672 valence electrons. The average Bonchev–Trinajstić information content (AvgIpc) is 1.72. The number of benzene rings is 9. The van der Waals surface area contributed by atoms with E-state index in [-0.39, 0.29) is 37.2 Å². The van der Waals surface area contributed by atoms with Crippen LogP contribution in [-0.4, -0.2) is 46.1 Å². The lowest BCUT2D eigenvalue weighted by Crippen LogP contribution is -2.38. The van der Waals surface area contributed by atoms with Gasteiger partial charge in [0.1, 0.15) is 4.88 Å². The number of hydrogen-bond donors (Lipinski definition) is 0.